The van der Waals surface area contributed by atoms with Gasteiger partial charge in [-0.05, 0) is 36.6 Å². The fraction of sp³-hybridized carbons (Fsp3) is 0.400. The number of anilines is 2. The van der Waals surface area contributed by atoms with Crippen LogP contribution in [-0.4, -0.2) is 9.55 Å². The number of benzene rings is 1. The predicted molar refractivity (Wildman–Crippen MR) is 83.9 cm³/mol. The van der Waals surface area contributed by atoms with E-state index in [9.17, 15) is 0 Å². The molecular formula is C15H20BrN3. The second kappa shape index (κ2) is 6.75. The molecule has 1 aromatic heterocycles. The van der Waals surface area contributed by atoms with Crippen molar-refractivity contribution in [3.8, 4) is 0 Å². The molecule has 1 aromatic carbocycles. The highest BCUT2D eigenvalue weighted by Crippen LogP contribution is 2.24. The average molecular weight is 322 g/mol. The second-order valence-corrected chi connectivity index (χ2v) is 5.49. The molecule has 0 radical (unpaired) electrons. The molecule has 0 bridgehead atoms. The second-order valence-electron chi connectivity index (χ2n) is 4.58. The number of imidazole rings is 1. The summed E-state index contributed by atoms with van der Waals surface area (Å²) in [4.78, 5) is 4.40. The van der Waals surface area contributed by atoms with E-state index in [4.69, 9.17) is 0 Å². The van der Waals surface area contributed by atoms with E-state index >= 15 is 0 Å². The third-order valence-electron chi connectivity index (χ3n) is 3.16. The zero-order chi connectivity index (χ0) is 13.7. The summed E-state index contributed by atoms with van der Waals surface area (Å²) in [6.45, 7) is 5.38. The first-order valence-corrected chi connectivity index (χ1v) is 7.60. The van der Waals surface area contributed by atoms with Gasteiger partial charge < -0.3 is 9.88 Å². The molecule has 2 rings (SSSR count). The van der Waals surface area contributed by atoms with E-state index in [0.29, 0.717) is 0 Å². The Bertz CT molecular complexity index is 534. The lowest BCUT2D eigenvalue weighted by Crippen LogP contribution is -2.04. The van der Waals surface area contributed by atoms with Crippen LogP contribution in [0, 0.1) is 0 Å². The number of nitrogens with one attached hydrogen (secondary N) is 1. The summed E-state index contributed by atoms with van der Waals surface area (Å²) >= 11 is 3.52. The Hall–Kier alpha value is -1.29. The minimum absolute atomic E-state index is 0.922. The standard InChI is InChI=1S/C15H20BrN3/c1-3-5-9-19-10-8-17-15(19)18-14-7-6-13(16)11-12(14)4-2/h6-8,10-11H,3-5,9H2,1-2H3,(H,17,18). The SMILES string of the molecule is CCCCn1ccnc1Nc1ccc(Br)cc1CC. The van der Waals surface area contributed by atoms with Gasteiger partial charge in [0.25, 0.3) is 0 Å². The lowest BCUT2D eigenvalue weighted by molar-refractivity contribution is 0.638. The van der Waals surface area contributed by atoms with Crippen LogP contribution in [0.5, 0.6) is 0 Å². The number of hydrogen-bond acceptors (Lipinski definition) is 2. The highest BCUT2D eigenvalue weighted by atomic mass is 79.9. The van der Waals surface area contributed by atoms with Crippen LogP contribution >= 0.6 is 15.9 Å². The number of rotatable bonds is 6. The Labute approximate surface area is 123 Å². The molecule has 4 heteroatoms. The molecule has 2 aromatic rings. The van der Waals surface area contributed by atoms with Crippen LogP contribution in [0.4, 0.5) is 11.6 Å². The van der Waals surface area contributed by atoms with E-state index < -0.39 is 0 Å². The van der Waals surface area contributed by atoms with Crippen molar-refractivity contribution in [1.82, 2.24) is 9.55 Å². The Morgan fingerprint density at radius 1 is 1.32 bits per heavy atom. The number of halogens is 1. The van der Waals surface area contributed by atoms with E-state index in [2.05, 4.69) is 62.8 Å². The molecule has 0 unspecified atom stereocenters. The Morgan fingerprint density at radius 2 is 2.16 bits per heavy atom. The highest BCUT2D eigenvalue weighted by Gasteiger charge is 2.06. The summed E-state index contributed by atoms with van der Waals surface area (Å²) in [7, 11) is 0. The average Bonchev–Trinajstić information content (AvgIpc) is 2.85. The minimum atomic E-state index is 0.922. The van der Waals surface area contributed by atoms with Crippen LogP contribution in [0.25, 0.3) is 0 Å². The Balaban J connectivity index is 2.19. The van der Waals surface area contributed by atoms with Crippen molar-refractivity contribution in [3.63, 3.8) is 0 Å². The number of aryl methyl sites for hydroxylation is 2. The molecule has 0 aliphatic carbocycles. The van der Waals surface area contributed by atoms with E-state index in [1.54, 1.807) is 0 Å². The minimum Gasteiger partial charge on any atom is -0.325 e. The Morgan fingerprint density at radius 3 is 2.89 bits per heavy atom. The van der Waals surface area contributed by atoms with Gasteiger partial charge in [0.1, 0.15) is 0 Å². The fourth-order valence-corrected chi connectivity index (χ4v) is 2.45. The number of hydrogen-bond donors (Lipinski definition) is 1. The maximum atomic E-state index is 4.40. The maximum Gasteiger partial charge on any atom is 0.207 e. The number of unbranched alkanes of at least 4 members (excludes halogenated alkanes) is 1. The smallest absolute Gasteiger partial charge is 0.207 e. The van der Waals surface area contributed by atoms with Gasteiger partial charge in [0.2, 0.25) is 5.95 Å². The first-order chi connectivity index (χ1) is 9.24. The van der Waals surface area contributed by atoms with E-state index in [-0.39, 0.29) is 0 Å². The lowest BCUT2D eigenvalue weighted by Gasteiger charge is -2.12. The molecule has 0 fully saturated rings. The van der Waals surface area contributed by atoms with E-state index in [1.807, 2.05) is 12.4 Å². The van der Waals surface area contributed by atoms with Gasteiger partial charge in [0, 0.05) is 29.1 Å². The molecule has 0 aliphatic heterocycles. The van der Waals surface area contributed by atoms with Crippen molar-refractivity contribution in [2.75, 3.05) is 5.32 Å². The molecule has 1 N–H and O–H groups in total. The van der Waals surface area contributed by atoms with Crippen LogP contribution in [0.3, 0.4) is 0 Å². The molecule has 0 saturated carbocycles. The topological polar surface area (TPSA) is 29.9 Å². The largest absolute Gasteiger partial charge is 0.325 e. The third-order valence-corrected chi connectivity index (χ3v) is 3.66. The molecule has 102 valence electrons. The molecule has 0 saturated heterocycles. The first kappa shape index (κ1) is 14.1. The summed E-state index contributed by atoms with van der Waals surface area (Å²) in [5.41, 5.74) is 2.43. The van der Waals surface area contributed by atoms with Crippen LogP contribution in [0.15, 0.2) is 35.1 Å². The zero-order valence-electron chi connectivity index (χ0n) is 11.5. The van der Waals surface area contributed by atoms with Crippen LogP contribution in [0.1, 0.15) is 32.3 Å². The Kier molecular flexibility index (Phi) is 5.02. The van der Waals surface area contributed by atoms with Crippen molar-refractivity contribution >= 4 is 27.6 Å². The summed E-state index contributed by atoms with van der Waals surface area (Å²) in [5, 5.41) is 3.44. The molecule has 0 aliphatic rings. The molecule has 3 nitrogen and oxygen atoms in total. The molecule has 0 amide bonds. The van der Waals surface area contributed by atoms with Crippen molar-refractivity contribution in [1.29, 1.82) is 0 Å². The summed E-state index contributed by atoms with van der Waals surface area (Å²) in [6, 6.07) is 6.31. The molecule has 0 atom stereocenters. The van der Waals surface area contributed by atoms with Crippen LogP contribution in [0.2, 0.25) is 0 Å². The van der Waals surface area contributed by atoms with Crippen LogP contribution in [-0.2, 0) is 13.0 Å². The summed E-state index contributed by atoms with van der Waals surface area (Å²) in [5.74, 6) is 0.922. The van der Waals surface area contributed by atoms with Gasteiger partial charge in [0.15, 0.2) is 0 Å². The first-order valence-electron chi connectivity index (χ1n) is 6.81. The zero-order valence-corrected chi connectivity index (χ0v) is 13.1. The van der Waals surface area contributed by atoms with Gasteiger partial charge in [0.05, 0.1) is 0 Å². The van der Waals surface area contributed by atoms with Gasteiger partial charge in [-0.15, -0.1) is 0 Å². The van der Waals surface area contributed by atoms with E-state index in [1.165, 1.54) is 18.4 Å². The van der Waals surface area contributed by atoms with Gasteiger partial charge in [-0.2, -0.15) is 0 Å². The molecule has 19 heavy (non-hydrogen) atoms. The van der Waals surface area contributed by atoms with Gasteiger partial charge in [-0.3, -0.25) is 0 Å². The molecule has 1 heterocycles. The van der Waals surface area contributed by atoms with Crippen LogP contribution < -0.4 is 5.32 Å². The summed E-state index contributed by atoms with van der Waals surface area (Å²) in [6.07, 6.45) is 7.24. The monoisotopic (exact) mass is 321 g/mol. The van der Waals surface area contributed by atoms with Gasteiger partial charge in [-0.25, -0.2) is 4.98 Å². The van der Waals surface area contributed by atoms with Gasteiger partial charge >= 0.3 is 0 Å². The normalized spacial score (nSPS) is 10.7. The predicted octanol–water partition coefficient (Wildman–Crippen LogP) is 4.75. The molecular weight excluding hydrogens is 302 g/mol. The van der Waals surface area contributed by atoms with Crippen molar-refractivity contribution in [3.05, 3.63) is 40.6 Å². The molecule has 0 spiro atoms. The van der Waals surface area contributed by atoms with Gasteiger partial charge in [-0.1, -0.05) is 36.2 Å². The van der Waals surface area contributed by atoms with Crippen molar-refractivity contribution in [2.45, 2.75) is 39.7 Å². The highest BCUT2D eigenvalue weighted by molar-refractivity contribution is 9.10. The third kappa shape index (κ3) is 3.60. The number of aromatic nitrogens is 2. The fourth-order valence-electron chi connectivity index (χ4n) is 2.04. The number of nitrogens with zero attached hydrogens (tertiary/aromatic N) is 2. The van der Waals surface area contributed by atoms with E-state index in [0.717, 1.165) is 29.1 Å². The van der Waals surface area contributed by atoms with Crippen molar-refractivity contribution in [2.24, 2.45) is 0 Å². The quantitative estimate of drug-likeness (QED) is 0.831. The lowest BCUT2D eigenvalue weighted by atomic mass is 10.1. The summed E-state index contributed by atoms with van der Waals surface area (Å²) < 4.78 is 3.29. The van der Waals surface area contributed by atoms with Crippen molar-refractivity contribution < 1.29 is 0 Å². The maximum absolute atomic E-state index is 4.40.